The van der Waals surface area contributed by atoms with Crippen LogP contribution in [0.1, 0.15) is 40.5 Å². The predicted octanol–water partition coefficient (Wildman–Crippen LogP) is 2.59. The van der Waals surface area contributed by atoms with Crippen molar-refractivity contribution in [1.82, 2.24) is 10.3 Å². The molecule has 21 heavy (non-hydrogen) atoms. The number of oxazole rings is 1. The van der Waals surface area contributed by atoms with Gasteiger partial charge < -0.3 is 14.5 Å². The molecule has 0 saturated heterocycles. The minimum Gasteiger partial charge on any atom is -0.493 e. The number of fused-ring (bicyclic) bond motifs is 1. The number of nitrogens with zero attached hydrogens (tertiary/aromatic N) is 1. The zero-order valence-corrected chi connectivity index (χ0v) is 12.3. The van der Waals surface area contributed by atoms with Gasteiger partial charge in [-0.25, -0.2) is 4.98 Å². The molecule has 1 aliphatic heterocycles. The molecule has 1 N–H and O–H groups in total. The minimum atomic E-state index is -0.231. The molecule has 2 heterocycles. The highest BCUT2D eigenvalue weighted by Gasteiger charge is 2.30. The van der Waals surface area contributed by atoms with Crippen LogP contribution in [0, 0.1) is 13.8 Å². The number of rotatable bonds is 3. The van der Waals surface area contributed by atoms with E-state index in [1.165, 1.54) is 0 Å². The first-order valence-electron chi connectivity index (χ1n) is 7.03. The first kappa shape index (κ1) is 13.7. The van der Waals surface area contributed by atoms with Gasteiger partial charge in [0, 0.05) is 24.4 Å². The number of nitrogens with one attached hydrogen (secondary N) is 1. The third kappa shape index (κ3) is 2.51. The molecule has 0 unspecified atom stereocenters. The fraction of sp³-hybridized carbons (Fsp3) is 0.375. The first-order valence-corrected chi connectivity index (χ1v) is 7.03. The van der Waals surface area contributed by atoms with E-state index in [0.29, 0.717) is 18.2 Å². The molecular weight excluding hydrogens is 268 g/mol. The van der Waals surface area contributed by atoms with E-state index in [4.69, 9.17) is 9.15 Å². The van der Waals surface area contributed by atoms with Crippen LogP contribution in [0.5, 0.6) is 5.75 Å². The van der Waals surface area contributed by atoms with Crippen molar-refractivity contribution in [2.75, 3.05) is 6.61 Å². The summed E-state index contributed by atoms with van der Waals surface area (Å²) in [5.41, 5.74) is 1.75. The largest absolute Gasteiger partial charge is 0.493 e. The summed E-state index contributed by atoms with van der Waals surface area (Å²) >= 11 is 0. The van der Waals surface area contributed by atoms with Gasteiger partial charge in [-0.05, 0) is 19.9 Å². The summed E-state index contributed by atoms with van der Waals surface area (Å²) in [6, 6.07) is 7.88. The summed E-state index contributed by atoms with van der Waals surface area (Å²) < 4.78 is 11.0. The molecule has 5 heteroatoms. The molecule has 0 aliphatic carbocycles. The Morgan fingerprint density at radius 1 is 1.38 bits per heavy atom. The zero-order chi connectivity index (χ0) is 15.0. The Kier molecular flexibility index (Phi) is 3.41. The van der Waals surface area contributed by atoms with E-state index in [1.54, 1.807) is 13.8 Å². The number of aromatic nitrogens is 1. The maximum atomic E-state index is 12.3. The SMILES string of the molecule is Cc1nc(C)c(C(=O)N[C@@H](C)[C@H]2COc3ccccc32)o1. The van der Waals surface area contributed by atoms with Gasteiger partial charge in [-0.15, -0.1) is 0 Å². The van der Waals surface area contributed by atoms with E-state index >= 15 is 0 Å². The molecule has 5 nitrogen and oxygen atoms in total. The molecule has 0 spiro atoms. The molecule has 1 aromatic carbocycles. The van der Waals surface area contributed by atoms with Gasteiger partial charge in [0.2, 0.25) is 5.76 Å². The summed E-state index contributed by atoms with van der Waals surface area (Å²) in [5.74, 6) is 1.60. The smallest absolute Gasteiger partial charge is 0.289 e. The van der Waals surface area contributed by atoms with Gasteiger partial charge in [0.15, 0.2) is 5.89 Å². The third-order valence-corrected chi connectivity index (χ3v) is 3.81. The van der Waals surface area contributed by atoms with Crippen LogP contribution in [0.25, 0.3) is 0 Å². The molecule has 110 valence electrons. The van der Waals surface area contributed by atoms with Crippen LogP contribution in [0.3, 0.4) is 0 Å². The van der Waals surface area contributed by atoms with Crippen molar-refractivity contribution in [2.45, 2.75) is 32.7 Å². The van der Waals surface area contributed by atoms with Gasteiger partial charge >= 0.3 is 0 Å². The topological polar surface area (TPSA) is 64.4 Å². The van der Waals surface area contributed by atoms with E-state index in [-0.39, 0.29) is 23.6 Å². The van der Waals surface area contributed by atoms with Crippen LogP contribution in [0.2, 0.25) is 0 Å². The molecule has 2 atom stereocenters. The van der Waals surface area contributed by atoms with Gasteiger partial charge in [0.1, 0.15) is 5.75 Å². The molecule has 0 bridgehead atoms. The lowest BCUT2D eigenvalue weighted by Crippen LogP contribution is -2.37. The predicted molar refractivity (Wildman–Crippen MR) is 77.6 cm³/mol. The zero-order valence-electron chi connectivity index (χ0n) is 12.3. The molecule has 2 aromatic rings. The average Bonchev–Trinajstić information content (AvgIpc) is 3.01. The Morgan fingerprint density at radius 2 is 2.14 bits per heavy atom. The number of amides is 1. The van der Waals surface area contributed by atoms with Crippen LogP contribution >= 0.6 is 0 Å². The number of carbonyl (C=O) groups is 1. The second-order valence-electron chi connectivity index (χ2n) is 5.36. The van der Waals surface area contributed by atoms with E-state index in [2.05, 4.69) is 10.3 Å². The summed E-state index contributed by atoms with van der Waals surface area (Å²) in [7, 11) is 0. The monoisotopic (exact) mass is 286 g/mol. The van der Waals surface area contributed by atoms with E-state index in [9.17, 15) is 4.79 Å². The van der Waals surface area contributed by atoms with E-state index in [0.717, 1.165) is 11.3 Å². The van der Waals surface area contributed by atoms with Crippen molar-refractivity contribution in [2.24, 2.45) is 0 Å². The lowest BCUT2D eigenvalue weighted by atomic mass is 9.94. The molecule has 0 radical (unpaired) electrons. The van der Waals surface area contributed by atoms with Crippen molar-refractivity contribution in [3.8, 4) is 5.75 Å². The molecule has 0 fully saturated rings. The standard InChI is InChI=1S/C16H18N2O3/c1-9(13-8-20-14-7-5-4-6-12(13)14)18-16(19)15-10(2)17-11(3)21-15/h4-7,9,13H,8H2,1-3H3,(H,18,19)/t9-,13+/m0/s1. The summed E-state index contributed by atoms with van der Waals surface area (Å²) in [5, 5.41) is 2.98. The van der Waals surface area contributed by atoms with Gasteiger partial charge in [0.25, 0.3) is 5.91 Å². The molecule has 1 aromatic heterocycles. The molecule has 0 saturated carbocycles. The van der Waals surface area contributed by atoms with E-state index in [1.807, 2.05) is 31.2 Å². The highest BCUT2D eigenvalue weighted by Crippen LogP contribution is 2.35. The number of ether oxygens (including phenoxy) is 1. The van der Waals surface area contributed by atoms with Crippen molar-refractivity contribution in [1.29, 1.82) is 0 Å². The molecular formula is C16H18N2O3. The van der Waals surface area contributed by atoms with E-state index < -0.39 is 0 Å². The molecule has 3 rings (SSSR count). The second kappa shape index (κ2) is 5.24. The normalized spacial score (nSPS) is 18.0. The summed E-state index contributed by atoms with van der Waals surface area (Å²) in [6.45, 7) is 6.06. The van der Waals surface area contributed by atoms with Gasteiger partial charge in [-0.3, -0.25) is 4.79 Å². The minimum absolute atomic E-state index is 0.0500. The lowest BCUT2D eigenvalue weighted by Gasteiger charge is -2.19. The molecule has 1 aliphatic rings. The number of aryl methyl sites for hydroxylation is 2. The van der Waals surface area contributed by atoms with Crippen molar-refractivity contribution in [3.63, 3.8) is 0 Å². The maximum absolute atomic E-state index is 12.3. The maximum Gasteiger partial charge on any atom is 0.289 e. The first-order chi connectivity index (χ1) is 10.1. The van der Waals surface area contributed by atoms with Crippen molar-refractivity contribution >= 4 is 5.91 Å². The third-order valence-electron chi connectivity index (χ3n) is 3.81. The average molecular weight is 286 g/mol. The van der Waals surface area contributed by atoms with Gasteiger partial charge in [-0.2, -0.15) is 0 Å². The van der Waals surface area contributed by atoms with Crippen LogP contribution in [0.4, 0.5) is 0 Å². The van der Waals surface area contributed by atoms with Gasteiger partial charge in [0.05, 0.1) is 12.3 Å². The van der Waals surface area contributed by atoms with Crippen molar-refractivity contribution < 1.29 is 13.9 Å². The number of para-hydroxylation sites is 1. The Labute approximate surface area is 123 Å². The Bertz CT molecular complexity index is 678. The Balaban J connectivity index is 1.74. The highest BCUT2D eigenvalue weighted by atomic mass is 16.5. The number of benzene rings is 1. The fourth-order valence-electron chi connectivity index (χ4n) is 2.72. The Morgan fingerprint density at radius 3 is 2.86 bits per heavy atom. The lowest BCUT2D eigenvalue weighted by molar-refractivity contribution is 0.0902. The number of carbonyl (C=O) groups excluding carboxylic acids is 1. The summed E-state index contributed by atoms with van der Waals surface area (Å²) in [4.78, 5) is 16.4. The number of hydrogen-bond donors (Lipinski definition) is 1. The summed E-state index contributed by atoms with van der Waals surface area (Å²) in [6.07, 6.45) is 0. The van der Waals surface area contributed by atoms with Crippen LogP contribution in [-0.2, 0) is 0 Å². The van der Waals surface area contributed by atoms with Crippen LogP contribution < -0.4 is 10.1 Å². The number of hydrogen-bond acceptors (Lipinski definition) is 4. The quantitative estimate of drug-likeness (QED) is 0.942. The van der Waals surface area contributed by atoms with Crippen LogP contribution in [0.15, 0.2) is 28.7 Å². The molecule has 1 amide bonds. The van der Waals surface area contributed by atoms with Crippen molar-refractivity contribution in [3.05, 3.63) is 47.2 Å². The van der Waals surface area contributed by atoms with Crippen LogP contribution in [-0.4, -0.2) is 23.5 Å². The Hall–Kier alpha value is -2.30. The second-order valence-corrected chi connectivity index (χ2v) is 5.36. The fourth-order valence-corrected chi connectivity index (χ4v) is 2.72. The highest BCUT2D eigenvalue weighted by molar-refractivity contribution is 5.92. The van der Waals surface area contributed by atoms with Gasteiger partial charge in [-0.1, -0.05) is 18.2 Å².